The minimum absolute atomic E-state index is 0.193. The number of alkyl carbamates (subject to hydrolysis) is 1. The summed E-state index contributed by atoms with van der Waals surface area (Å²) in [4.78, 5) is 11.6. The molecule has 0 radical (unpaired) electrons. The number of carbonyl (C=O) groups is 1. The molecule has 0 spiro atoms. The molecular formula is C16H30N2O3. The molecule has 0 bridgehead atoms. The first-order valence-corrected chi connectivity index (χ1v) is 8.21. The van der Waals surface area contributed by atoms with Gasteiger partial charge in [0.15, 0.2) is 0 Å². The Kier molecular flexibility index (Phi) is 5.15. The van der Waals surface area contributed by atoms with Gasteiger partial charge in [0.25, 0.3) is 0 Å². The Morgan fingerprint density at radius 3 is 2.38 bits per heavy atom. The van der Waals surface area contributed by atoms with E-state index >= 15 is 0 Å². The van der Waals surface area contributed by atoms with E-state index in [0.29, 0.717) is 12.6 Å². The second kappa shape index (κ2) is 6.53. The van der Waals surface area contributed by atoms with Crippen LogP contribution < -0.4 is 10.6 Å². The third kappa shape index (κ3) is 5.47. The van der Waals surface area contributed by atoms with Crippen LogP contribution in [0.15, 0.2) is 0 Å². The molecule has 1 amide bonds. The summed E-state index contributed by atoms with van der Waals surface area (Å²) >= 11 is 0. The zero-order valence-corrected chi connectivity index (χ0v) is 13.6. The van der Waals surface area contributed by atoms with Crippen molar-refractivity contribution in [2.75, 3.05) is 6.54 Å². The van der Waals surface area contributed by atoms with Gasteiger partial charge in [0, 0.05) is 18.6 Å². The van der Waals surface area contributed by atoms with Crippen molar-refractivity contribution >= 4 is 6.09 Å². The molecule has 2 fully saturated rings. The van der Waals surface area contributed by atoms with Crippen LogP contribution in [0.2, 0.25) is 0 Å². The maximum atomic E-state index is 11.6. The average Bonchev–Trinajstić information content (AvgIpc) is 2.30. The lowest BCUT2D eigenvalue weighted by Crippen LogP contribution is -2.56. The topological polar surface area (TPSA) is 70.6 Å². The molecule has 0 atom stereocenters. The van der Waals surface area contributed by atoms with Gasteiger partial charge in [-0.2, -0.15) is 0 Å². The van der Waals surface area contributed by atoms with Crippen LogP contribution in [0.4, 0.5) is 4.79 Å². The fraction of sp³-hybridized carbons (Fsp3) is 0.938. The third-order valence-electron chi connectivity index (χ3n) is 4.36. The first kappa shape index (κ1) is 16.6. The van der Waals surface area contributed by atoms with Gasteiger partial charge in [0.1, 0.15) is 5.60 Å². The van der Waals surface area contributed by atoms with E-state index in [4.69, 9.17) is 4.74 Å². The molecule has 2 saturated carbocycles. The van der Waals surface area contributed by atoms with Crippen molar-refractivity contribution < 1.29 is 14.6 Å². The molecule has 0 aromatic carbocycles. The first-order valence-electron chi connectivity index (χ1n) is 8.21. The Morgan fingerprint density at radius 2 is 1.81 bits per heavy atom. The predicted octanol–water partition coefficient (Wildman–Crippen LogP) is 2.33. The molecule has 0 aliphatic heterocycles. The van der Waals surface area contributed by atoms with Crippen LogP contribution in [0.5, 0.6) is 0 Å². The molecule has 2 aliphatic rings. The maximum absolute atomic E-state index is 11.6. The van der Waals surface area contributed by atoms with Crippen LogP contribution in [-0.2, 0) is 4.74 Å². The molecule has 0 heterocycles. The highest BCUT2D eigenvalue weighted by atomic mass is 16.6. The molecule has 0 unspecified atom stereocenters. The summed E-state index contributed by atoms with van der Waals surface area (Å²) in [7, 11) is 0. The van der Waals surface area contributed by atoms with Gasteiger partial charge < -0.3 is 20.5 Å². The molecular weight excluding hydrogens is 268 g/mol. The van der Waals surface area contributed by atoms with Crippen LogP contribution in [0, 0.1) is 0 Å². The van der Waals surface area contributed by atoms with Crippen molar-refractivity contribution in [2.45, 2.75) is 89.0 Å². The smallest absolute Gasteiger partial charge is 0.407 e. The van der Waals surface area contributed by atoms with Crippen molar-refractivity contribution in [3.8, 4) is 0 Å². The van der Waals surface area contributed by atoms with Gasteiger partial charge in [-0.1, -0.05) is 19.3 Å². The van der Waals surface area contributed by atoms with Crippen LogP contribution in [0.25, 0.3) is 0 Å². The quantitative estimate of drug-likeness (QED) is 0.745. The molecule has 2 aliphatic carbocycles. The Bertz CT molecular complexity index is 353. The van der Waals surface area contributed by atoms with Crippen molar-refractivity contribution in [1.29, 1.82) is 0 Å². The summed E-state index contributed by atoms with van der Waals surface area (Å²) in [6.07, 6.45) is 6.81. The number of amides is 1. The maximum Gasteiger partial charge on any atom is 0.407 e. The fourth-order valence-corrected chi connectivity index (χ4v) is 3.10. The van der Waals surface area contributed by atoms with E-state index in [1.807, 2.05) is 20.8 Å². The third-order valence-corrected chi connectivity index (χ3v) is 4.36. The van der Waals surface area contributed by atoms with E-state index in [2.05, 4.69) is 10.6 Å². The highest BCUT2D eigenvalue weighted by Crippen LogP contribution is 2.28. The standard InChI is InChI=1S/C16H30N2O3/c1-15(2,3)21-14(19)18-13-9-12(10-13)17-11-16(20)7-5-4-6-8-16/h12-13,17,20H,4-11H2,1-3H3,(H,18,19). The van der Waals surface area contributed by atoms with Crippen molar-refractivity contribution in [1.82, 2.24) is 10.6 Å². The van der Waals surface area contributed by atoms with Gasteiger partial charge in [0.2, 0.25) is 0 Å². The fourth-order valence-electron chi connectivity index (χ4n) is 3.10. The van der Waals surface area contributed by atoms with Gasteiger partial charge in [-0.05, 0) is 46.5 Å². The molecule has 3 N–H and O–H groups in total. The average molecular weight is 298 g/mol. The lowest BCUT2D eigenvalue weighted by atomic mass is 9.82. The Hall–Kier alpha value is -0.810. The monoisotopic (exact) mass is 298 g/mol. The van der Waals surface area contributed by atoms with Gasteiger partial charge >= 0.3 is 6.09 Å². The number of hydrogen-bond donors (Lipinski definition) is 3. The molecule has 122 valence electrons. The van der Waals surface area contributed by atoms with E-state index in [1.165, 1.54) is 6.42 Å². The van der Waals surface area contributed by atoms with E-state index in [-0.39, 0.29) is 12.1 Å². The summed E-state index contributed by atoms with van der Waals surface area (Å²) in [5.41, 5.74) is -0.961. The summed E-state index contributed by atoms with van der Waals surface area (Å²) in [5, 5.41) is 16.8. The number of aliphatic hydroxyl groups is 1. The molecule has 5 nitrogen and oxygen atoms in total. The molecule has 0 aromatic rings. The summed E-state index contributed by atoms with van der Waals surface area (Å²) in [6, 6.07) is 0.592. The zero-order chi connectivity index (χ0) is 15.5. The molecule has 2 rings (SSSR count). The normalized spacial score (nSPS) is 28.6. The Labute approximate surface area is 127 Å². The molecule has 0 saturated heterocycles. The van der Waals surface area contributed by atoms with Crippen LogP contribution in [0.3, 0.4) is 0 Å². The van der Waals surface area contributed by atoms with Gasteiger partial charge in [-0.15, -0.1) is 0 Å². The lowest BCUT2D eigenvalue weighted by molar-refractivity contribution is -0.00136. The summed E-state index contributed by atoms with van der Waals surface area (Å²) in [6.45, 7) is 6.27. The zero-order valence-electron chi connectivity index (χ0n) is 13.6. The molecule has 21 heavy (non-hydrogen) atoms. The van der Waals surface area contributed by atoms with Crippen molar-refractivity contribution in [2.24, 2.45) is 0 Å². The minimum Gasteiger partial charge on any atom is -0.444 e. The first-order chi connectivity index (χ1) is 9.76. The van der Waals surface area contributed by atoms with Gasteiger partial charge in [0.05, 0.1) is 5.60 Å². The van der Waals surface area contributed by atoms with Gasteiger partial charge in [-0.3, -0.25) is 0 Å². The summed E-state index contributed by atoms with van der Waals surface area (Å²) in [5.74, 6) is 0. The predicted molar refractivity (Wildman–Crippen MR) is 82.2 cm³/mol. The molecule has 5 heteroatoms. The number of hydrogen-bond acceptors (Lipinski definition) is 4. The van der Waals surface area contributed by atoms with Crippen molar-refractivity contribution in [3.05, 3.63) is 0 Å². The second-order valence-electron chi connectivity index (χ2n) is 7.68. The lowest BCUT2D eigenvalue weighted by Gasteiger charge is -2.40. The number of ether oxygens (including phenoxy) is 1. The highest BCUT2D eigenvalue weighted by molar-refractivity contribution is 5.68. The van der Waals surface area contributed by atoms with Crippen LogP contribution in [-0.4, -0.2) is 41.0 Å². The van der Waals surface area contributed by atoms with Crippen LogP contribution in [0.1, 0.15) is 65.7 Å². The van der Waals surface area contributed by atoms with E-state index < -0.39 is 11.2 Å². The summed E-state index contributed by atoms with van der Waals surface area (Å²) < 4.78 is 5.24. The minimum atomic E-state index is -0.512. The molecule has 0 aromatic heterocycles. The SMILES string of the molecule is CC(C)(C)OC(=O)NC1CC(NCC2(O)CCCCC2)C1. The van der Waals surface area contributed by atoms with E-state index in [9.17, 15) is 9.90 Å². The highest BCUT2D eigenvalue weighted by Gasteiger charge is 2.34. The Morgan fingerprint density at radius 1 is 1.19 bits per heavy atom. The largest absolute Gasteiger partial charge is 0.444 e. The number of carbonyl (C=O) groups excluding carboxylic acids is 1. The van der Waals surface area contributed by atoms with Crippen molar-refractivity contribution in [3.63, 3.8) is 0 Å². The van der Waals surface area contributed by atoms with E-state index in [1.54, 1.807) is 0 Å². The van der Waals surface area contributed by atoms with Crippen LogP contribution >= 0.6 is 0 Å². The number of nitrogens with one attached hydrogen (secondary N) is 2. The Balaban J connectivity index is 1.60. The number of rotatable bonds is 4. The van der Waals surface area contributed by atoms with E-state index in [0.717, 1.165) is 38.5 Å². The second-order valence-corrected chi connectivity index (χ2v) is 7.68. The van der Waals surface area contributed by atoms with Gasteiger partial charge in [-0.25, -0.2) is 4.79 Å².